The van der Waals surface area contributed by atoms with Crippen molar-refractivity contribution in [1.82, 2.24) is 30.2 Å². The van der Waals surface area contributed by atoms with Crippen LogP contribution in [0, 0.1) is 0 Å². The number of nitrogens with one attached hydrogen (secondary N) is 2. The first-order valence-corrected chi connectivity index (χ1v) is 10.2. The Hall–Kier alpha value is -3.91. The number of aromatic nitrogens is 5. The summed E-state index contributed by atoms with van der Waals surface area (Å²) in [6, 6.07) is 17.2. The van der Waals surface area contributed by atoms with Gasteiger partial charge in [-0.3, -0.25) is 4.79 Å². The summed E-state index contributed by atoms with van der Waals surface area (Å²) < 4.78 is 0. The molecule has 0 fully saturated rings. The van der Waals surface area contributed by atoms with Gasteiger partial charge in [0.2, 0.25) is 0 Å². The number of rotatable bonds is 5. The van der Waals surface area contributed by atoms with E-state index in [1.165, 1.54) is 11.3 Å². The highest BCUT2D eigenvalue weighted by atomic mass is 32.1. The maximum absolute atomic E-state index is 13.0. The standard InChI is InChI=1S/C22H16N6OS/c29-21(18-12-30-22(27-18)20-23-9-4-10-24-20)28-19(14-5-2-1-3-6-14)15-7-8-16-17(11-15)26-13-25-16/h1-13,19H,(H,25,26)(H,28,29). The summed E-state index contributed by atoms with van der Waals surface area (Å²) in [5.41, 5.74) is 4.06. The molecule has 30 heavy (non-hydrogen) atoms. The van der Waals surface area contributed by atoms with Crippen LogP contribution in [0.1, 0.15) is 27.7 Å². The van der Waals surface area contributed by atoms with Crippen molar-refractivity contribution in [3.8, 4) is 10.8 Å². The molecule has 1 unspecified atom stereocenters. The lowest BCUT2D eigenvalue weighted by molar-refractivity contribution is 0.0938. The van der Waals surface area contributed by atoms with Crippen LogP contribution in [-0.2, 0) is 0 Å². The van der Waals surface area contributed by atoms with Crippen molar-refractivity contribution >= 4 is 28.3 Å². The van der Waals surface area contributed by atoms with E-state index in [4.69, 9.17) is 0 Å². The number of amides is 1. The molecule has 1 atom stereocenters. The molecule has 5 rings (SSSR count). The monoisotopic (exact) mass is 412 g/mol. The number of hydrogen-bond donors (Lipinski definition) is 2. The van der Waals surface area contributed by atoms with Gasteiger partial charge in [-0.05, 0) is 29.3 Å². The highest BCUT2D eigenvalue weighted by molar-refractivity contribution is 7.13. The fraction of sp³-hybridized carbons (Fsp3) is 0.0455. The smallest absolute Gasteiger partial charge is 0.271 e. The molecule has 8 heteroatoms. The quantitative estimate of drug-likeness (QED) is 0.455. The fourth-order valence-corrected chi connectivity index (χ4v) is 3.98. The van der Waals surface area contributed by atoms with Crippen molar-refractivity contribution in [2.45, 2.75) is 6.04 Å². The molecule has 0 aliphatic heterocycles. The van der Waals surface area contributed by atoms with Crippen LogP contribution in [0.25, 0.3) is 21.9 Å². The Morgan fingerprint density at radius 1 is 0.967 bits per heavy atom. The number of thiazole rings is 1. The Kier molecular flexibility index (Phi) is 4.74. The fourth-order valence-electron chi connectivity index (χ4n) is 3.23. The van der Waals surface area contributed by atoms with Crippen molar-refractivity contribution in [3.63, 3.8) is 0 Å². The molecule has 0 aliphatic carbocycles. The van der Waals surface area contributed by atoms with E-state index in [9.17, 15) is 4.79 Å². The minimum atomic E-state index is -0.329. The molecule has 1 amide bonds. The molecule has 5 aromatic rings. The van der Waals surface area contributed by atoms with Gasteiger partial charge in [0.15, 0.2) is 10.8 Å². The van der Waals surface area contributed by atoms with Gasteiger partial charge in [-0.15, -0.1) is 11.3 Å². The van der Waals surface area contributed by atoms with Gasteiger partial charge >= 0.3 is 0 Å². The number of carbonyl (C=O) groups excluding carboxylic acids is 1. The van der Waals surface area contributed by atoms with Crippen LogP contribution in [0.4, 0.5) is 0 Å². The molecular weight excluding hydrogens is 396 g/mol. The van der Waals surface area contributed by atoms with Crippen LogP contribution >= 0.6 is 11.3 Å². The second-order valence-corrected chi connectivity index (χ2v) is 7.46. The van der Waals surface area contributed by atoms with Gasteiger partial charge in [-0.2, -0.15) is 0 Å². The largest absolute Gasteiger partial charge is 0.345 e. The number of hydrogen-bond acceptors (Lipinski definition) is 6. The van der Waals surface area contributed by atoms with Crippen LogP contribution in [-0.4, -0.2) is 30.8 Å². The van der Waals surface area contributed by atoms with Crippen LogP contribution in [0.5, 0.6) is 0 Å². The van der Waals surface area contributed by atoms with Gasteiger partial charge < -0.3 is 10.3 Å². The molecule has 3 aromatic heterocycles. The van der Waals surface area contributed by atoms with Crippen LogP contribution in [0.3, 0.4) is 0 Å². The van der Waals surface area contributed by atoms with Gasteiger partial charge in [0.1, 0.15) is 5.69 Å². The van der Waals surface area contributed by atoms with E-state index in [0.29, 0.717) is 16.5 Å². The number of imidazole rings is 1. The molecule has 7 nitrogen and oxygen atoms in total. The molecular formula is C22H16N6OS. The molecule has 0 spiro atoms. The van der Waals surface area contributed by atoms with Gasteiger partial charge in [0.05, 0.1) is 23.4 Å². The minimum Gasteiger partial charge on any atom is -0.345 e. The van der Waals surface area contributed by atoms with E-state index in [1.807, 2.05) is 48.5 Å². The molecule has 2 N–H and O–H groups in total. The average Bonchev–Trinajstić information content (AvgIpc) is 3.48. The predicted octanol–water partition coefficient (Wildman–Crippen LogP) is 4.00. The van der Waals surface area contributed by atoms with Crippen molar-refractivity contribution in [3.05, 3.63) is 95.5 Å². The number of aromatic amines is 1. The van der Waals surface area contributed by atoms with Gasteiger partial charge in [0.25, 0.3) is 5.91 Å². The molecule has 0 bridgehead atoms. The zero-order valence-electron chi connectivity index (χ0n) is 15.7. The van der Waals surface area contributed by atoms with Gasteiger partial charge in [-0.1, -0.05) is 36.4 Å². The van der Waals surface area contributed by atoms with Crippen molar-refractivity contribution in [2.24, 2.45) is 0 Å². The summed E-state index contributed by atoms with van der Waals surface area (Å²) in [5, 5.41) is 5.45. The molecule has 0 saturated carbocycles. The van der Waals surface area contributed by atoms with Crippen LogP contribution < -0.4 is 5.32 Å². The number of carbonyl (C=O) groups is 1. The second-order valence-electron chi connectivity index (χ2n) is 6.61. The molecule has 0 radical (unpaired) electrons. The van der Waals surface area contributed by atoms with Gasteiger partial charge in [-0.25, -0.2) is 19.9 Å². The summed E-state index contributed by atoms with van der Waals surface area (Å²) in [5.74, 6) is 0.248. The molecule has 2 aromatic carbocycles. The van der Waals surface area contributed by atoms with E-state index >= 15 is 0 Å². The third-order valence-corrected chi connectivity index (χ3v) is 5.52. The Morgan fingerprint density at radius 3 is 2.63 bits per heavy atom. The number of benzene rings is 2. The van der Waals surface area contributed by atoms with Gasteiger partial charge in [0, 0.05) is 17.8 Å². The van der Waals surface area contributed by atoms with E-state index in [-0.39, 0.29) is 11.9 Å². The number of fused-ring (bicyclic) bond motifs is 1. The molecule has 3 heterocycles. The lowest BCUT2D eigenvalue weighted by Gasteiger charge is -2.19. The van der Waals surface area contributed by atoms with Crippen LogP contribution in [0.2, 0.25) is 0 Å². The lowest BCUT2D eigenvalue weighted by atomic mass is 9.98. The summed E-state index contributed by atoms with van der Waals surface area (Å²) in [4.78, 5) is 33.2. The normalized spacial score (nSPS) is 12.0. The SMILES string of the molecule is O=C(NC(c1ccccc1)c1ccc2nc[nH]c2c1)c1csc(-c2ncccn2)n1. The Bertz CT molecular complexity index is 1300. The molecule has 0 aliphatic rings. The van der Waals surface area contributed by atoms with Crippen molar-refractivity contribution < 1.29 is 4.79 Å². The average molecular weight is 412 g/mol. The summed E-state index contributed by atoms with van der Waals surface area (Å²) in [6.45, 7) is 0. The first kappa shape index (κ1) is 18.1. The third kappa shape index (κ3) is 3.56. The number of H-pyrrole nitrogens is 1. The van der Waals surface area contributed by atoms with E-state index in [2.05, 4.69) is 30.2 Å². The number of nitrogens with zero attached hydrogens (tertiary/aromatic N) is 4. The second kappa shape index (κ2) is 7.84. The van der Waals surface area contributed by atoms with E-state index in [0.717, 1.165) is 22.2 Å². The zero-order valence-corrected chi connectivity index (χ0v) is 16.5. The van der Waals surface area contributed by atoms with E-state index < -0.39 is 0 Å². The first-order chi connectivity index (χ1) is 14.8. The first-order valence-electron chi connectivity index (χ1n) is 9.30. The van der Waals surface area contributed by atoms with Crippen molar-refractivity contribution in [1.29, 1.82) is 0 Å². The highest BCUT2D eigenvalue weighted by Crippen LogP contribution is 2.26. The van der Waals surface area contributed by atoms with Crippen molar-refractivity contribution in [2.75, 3.05) is 0 Å². The maximum atomic E-state index is 13.0. The highest BCUT2D eigenvalue weighted by Gasteiger charge is 2.21. The predicted molar refractivity (Wildman–Crippen MR) is 115 cm³/mol. The summed E-state index contributed by atoms with van der Waals surface area (Å²) in [7, 11) is 0. The molecule has 146 valence electrons. The Balaban J connectivity index is 1.46. The Labute approximate surface area is 175 Å². The summed E-state index contributed by atoms with van der Waals surface area (Å²) in [6.07, 6.45) is 4.97. The summed E-state index contributed by atoms with van der Waals surface area (Å²) >= 11 is 1.34. The topological polar surface area (TPSA) is 96.5 Å². The molecule has 0 saturated heterocycles. The van der Waals surface area contributed by atoms with E-state index in [1.54, 1.807) is 30.2 Å². The Morgan fingerprint density at radius 2 is 1.80 bits per heavy atom. The zero-order chi connectivity index (χ0) is 20.3. The maximum Gasteiger partial charge on any atom is 0.271 e. The van der Waals surface area contributed by atoms with Crippen LogP contribution in [0.15, 0.2) is 78.7 Å². The lowest BCUT2D eigenvalue weighted by Crippen LogP contribution is -2.29. The third-order valence-electron chi connectivity index (χ3n) is 4.68. The minimum absolute atomic E-state index is 0.257.